The maximum absolute atomic E-state index is 12.4. The Bertz CT molecular complexity index is 738. The molecule has 2 aromatic rings. The van der Waals surface area contributed by atoms with Crippen LogP contribution in [0.3, 0.4) is 0 Å². The number of aromatic nitrogens is 2. The van der Waals surface area contributed by atoms with Gasteiger partial charge in [-0.05, 0) is 44.0 Å². The van der Waals surface area contributed by atoms with Crippen LogP contribution in [-0.2, 0) is 0 Å². The predicted octanol–water partition coefficient (Wildman–Crippen LogP) is 0.907. The fourth-order valence-electron chi connectivity index (χ4n) is 2.57. The Morgan fingerprint density at radius 2 is 2.32 bits per heavy atom. The van der Waals surface area contributed by atoms with Crippen LogP contribution in [0.1, 0.15) is 28.8 Å². The largest absolute Gasteiger partial charge is 0.348 e. The average molecular weight is 323 g/mol. The first-order chi connectivity index (χ1) is 10.1. The van der Waals surface area contributed by atoms with Gasteiger partial charge in [-0.2, -0.15) is 0 Å². The summed E-state index contributed by atoms with van der Waals surface area (Å²) in [6.07, 6.45) is 4.97. The van der Waals surface area contributed by atoms with Crippen LogP contribution >= 0.6 is 12.4 Å². The molecule has 2 N–H and O–H groups in total. The molecule has 1 unspecified atom stereocenters. The van der Waals surface area contributed by atoms with E-state index >= 15 is 0 Å². The van der Waals surface area contributed by atoms with Gasteiger partial charge < -0.3 is 10.6 Å². The third kappa shape index (κ3) is 3.28. The van der Waals surface area contributed by atoms with Gasteiger partial charge in [0.1, 0.15) is 11.2 Å². The molecule has 0 saturated carbocycles. The number of hydrogen-bond donors (Lipinski definition) is 2. The molecule has 0 spiro atoms. The summed E-state index contributed by atoms with van der Waals surface area (Å²) in [5, 5.41) is 6.13. The lowest BCUT2D eigenvalue weighted by Crippen LogP contribution is -2.46. The highest BCUT2D eigenvalue weighted by Gasteiger charge is 2.19. The first-order valence-corrected chi connectivity index (χ1v) is 7.15. The highest BCUT2D eigenvalue weighted by molar-refractivity contribution is 5.93. The monoisotopic (exact) mass is 322 g/mol. The number of amides is 1. The van der Waals surface area contributed by atoms with E-state index in [9.17, 15) is 9.59 Å². The molecule has 0 aromatic carbocycles. The summed E-state index contributed by atoms with van der Waals surface area (Å²) in [6.45, 7) is 3.65. The molecule has 6 nitrogen and oxygen atoms in total. The van der Waals surface area contributed by atoms with Crippen LogP contribution in [0.15, 0.2) is 29.3 Å². The molecule has 0 aliphatic carbocycles. The molecule has 22 heavy (non-hydrogen) atoms. The number of halogens is 1. The standard InChI is InChI=1S/C15H18N4O2.ClH/c1-10-4-6-19-13(7-10)17-9-12(15(19)21)14(20)18-11-3-2-5-16-8-11;/h4,6-7,9,11,16H,2-3,5,8H2,1H3,(H,18,20);1H. The van der Waals surface area contributed by atoms with Crippen LogP contribution in [0, 0.1) is 6.92 Å². The Hall–Kier alpha value is -1.92. The molecule has 0 radical (unpaired) electrons. The highest BCUT2D eigenvalue weighted by atomic mass is 35.5. The number of hydrogen-bond acceptors (Lipinski definition) is 4. The van der Waals surface area contributed by atoms with E-state index in [2.05, 4.69) is 15.6 Å². The Labute approximate surface area is 134 Å². The van der Waals surface area contributed by atoms with Gasteiger partial charge in [-0.3, -0.25) is 14.0 Å². The second-order valence-electron chi connectivity index (χ2n) is 5.43. The van der Waals surface area contributed by atoms with Crippen molar-refractivity contribution in [2.24, 2.45) is 0 Å². The first-order valence-electron chi connectivity index (χ1n) is 7.15. The SMILES string of the molecule is Cc1ccn2c(=O)c(C(=O)NC3CCCNC3)cnc2c1.Cl. The predicted molar refractivity (Wildman–Crippen MR) is 86.8 cm³/mol. The summed E-state index contributed by atoms with van der Waals surface area (Å²) in [6, 6.07) is 3.71. The fraction of sp³-hybridized carbons (Fsp3) is 0.400. The lowest BCUT2D eigenvalue weighted by molar-refractivity contribution is 0.0928. The molecular weight excluding hydrogens is 304 g/mol. The van der Waals surface area contributed by atoms with Crippen LogP contribution < -0.4 is 16.2 Å². The van der Waals surface area contributed by atoms with Crippen LogP contribution in [0.4, 0.5) is 0 Å². The molecule has 7 heteroatoms. The van der Waals surface area contributed by atoms with Crippen LogP contribution in [-0.4, -0.2) is 34.4 Å². The number of fused-ring (bicyclic) bond motifs is 1. The van der Waals surface area contributed by atoms with Crippen molar-refractivity contribution in [3.8, 4) is 0 Å². The van der Waals surface area contributed by atoms with Crippen molar-refractivity contribution in [3.05, 3.63) is 46.0 Å². The molecule has 1 atom stereocenters. The van der Waals surface area contributed by atoms with Gasteiger partial charge in [0.25, 0.3) is 11.5 Å². The highest BCUT2D eigenvalue weighted by Crippen LogP contribution is 2.04. The molecule has 0 bridgehead atoms. The number of carbonyl (C=O) groups is 1. The van der Waals surface area contributed by atoms with E-state index in [1.165, 1.54) is 10.6 Å². The molecule has 1 fully saturated rings. The number of nitrogens with one attached hydrogen (secondary N) is 2. The van der Waals surface area contributed by atoms with Gasteiger partial charge >= 0.3 is 0 Å². The van der Waals surface area contributed by atoms with Crippen molar-refractivity contribution in [3.63, 3.8) is 0 Å². The zero-order valence-corrected chi connectivity index (χ0v) is 13.2. The second kappa shape index (κ2) is 6.89. The molecule has 1 aliphatic heterocycles. The summed E-state index contributed by atoms with van der Waals surface area (Å²) < 4.78 is 1.40. The minimum Gasteiger partial charge on any atom is -0.348 e. The van der Waals surface area contributed by atoms with E-state index in [1.54, 1.807) is 6.20 Å². The molecule has 3 rings (SSSR count). The molecule has 2 aromatic heterocycles. The van der Waals surface area contributed by atoms with Crippen molar-refractivity contribution < 1.29 is 4.79 Å². The summed E-state index contributed by atoms with van der Waals surface area (Å²) >= 11 is 0. The van der Waals surface area contributed by atoms with Gasteiger partial charge in [-0.25, -0.2) is 4.98 Å². The third-order valence-electron chi connectivity index (χ3n) is 3.74. The number of rotatable bonds is 2. The Morgan fingerprint density at radius 3 is 3.05 bits per heavy atom. The first kappa shape index (κ1) is 16.5. The van der Waals surface area contributed by atoms with Gasteiger partial charge in [-0.1, -0.05) is 0 Å². The van der Waals surface area contributed by atoms with E-state index < -0.39 is 0 Å². The molecule has 118 valence electrons. The number of nitrogens with zero attached hydrogens (tertiary/aromatic N) is 2. The smallest absolute Gasteiger partial charge is 0.270 e. The van der Waals surface area contributed by atoms with E-state index in [-0.39, 0.29) is 35.5 Å². The van der Waals surface area contributed by atoms with Crippen LogP contribution in [0.25, 0.3) is 5.65 Å². The normalized spacial score (nSPS) is 17.8. The molecule has 1 saturated heterocycles. The third-order valence-corrected chi connectivity index (χ3v) is 3.74. The topological polar surface area (TPSA) is 75.5 Å². The maximum atomic E-state index is 12.4. The van der Waals surface area contributed by atoms with Crippen molar-refractivity contribution in [2.75, 3.05) is 13.1 Å². The van der Waals surface area contributed by atoms with E-state index in [0.717, 1.165) is 31.5 Å². The number of piperidine rings is 1. The Balaban J connectivity index is 0.00000176. The van der Waals surface area contributed by atoms with Gasteiger partial charge in [0, 0.05) is 25.0 Å². The number of pyridine rings is 1. The number of aryl methyl sites for hydroxylation is 1. The lowest BCUT2D eigenvalue weighted by atomic mass is 10.1. The van der Waals surface area contributed by atoms with Gasteiger partial charge in [0.15, 0.2) is 0 Å². The summed E-state index contributed by atoms with van der Waals surface area (Å²) in [5.74, 6) is -0.351. The van der Waals surface area contributed by atoms with Crippen molar-refractivity contribution in [1.29, 1.82) is 0 Å². The Kier molecular flexibility index (Phi) is 5.15. The Morgan fingerprint density at radius 1 is 1.50 bits per heavy atom. The van der Waals surface area contributed by atoms with E-state index in [0.29, 0.717) is 5.65 Å². The van der Waals surface area contributed by atoms with Crippen molar-refractivity contribution >= 4 is 24.0 Å². The lowest BCUT2D eigenvalue weighted by Gasteiger charge is -2.23. The zero-order chi connectivity index (χ0) is 14.8. The summed E-state index contributed by atoms with van der Waals surface area (Å²) in [5.41, 5.74) is 1.33. The van der Waals surface area contributed by atoms with Gasteiger partial charge in [-0.15, -0.1) is 12.4 Å². The minimum absolute atomic E-state index is 0. The zero-order valence-electron chi connectivity index (χ0n) is 12.3. The van der Waals surface area contributed by atoms with Gasteiger partial charge in [0.05, 0.1) is 0 Å². The second-order valence-corrected chi connectivity index (χ2v) is 5.43. The van der Waals surface area contributed by atoms with E-state index in [1.807, 2.05) is 19.1 Å². The average Bonchev–Trinajstić information content (AvgIpc) is 2.48. The minimum atomic E-state index is -0.351. The summed E-state index contributed by atoms with van der Waals surface area (Å²) in [4.78, 5) is 28.8. The van der Waals surface area contributed by atoms with E-state index in [4.69, 9.17) is 0 Å². The van der Waals surface area contributed by atoms with Gasteiger partial charge in [0.2, 0.25) is 0 Å². The quantitative estimate of drug-likeness (QED) is 0.861. The number of carbonyl (C=O) groups excluding carboxylic acids is 1. The summed E-state index contributed by atoms with van der Waals surface area (Å²) in [7, 11) is 0. The fourth-order valence-corrected chi connectivity index (χ4v) is 2.57. The van der Waals surface area contributed by atoms with Crippen LogP contribution in [0.5, 0.6) is 0 Å². The van der Waals surface area contributed by atoms with Crippen LogP contribution in [0.2, 0.25) is 0 Å². The molecule has 1 amide bonds. The van der Waals surface area contributed by atoms with Crippen molar-refractivity contribution in [1.82, 2.24) is 20.0 Å². The maximum Gasteiger partial charge on any atom is 0.270 e. The van der Waals surface area contributed by atoms with Crippen molar-refractivity contribution in [2.45, 2.75) is 25.8 Å². The molecule has 1 aliphatic rings. The molecular formula is C15H19ClN4O2. The molecule has 3 heterocycles.